The second kappa shape index (κ2) is 7.47. The maximum absolute atomic E-state index is 12.6. The van der Waals surface area contributed by atoms with Gasteiger partial charge in [-0.05, 0) is 49.6 Å². The van der Waals surface area contributed by atoms with E-state index in [2.05, 4.69) is 48.0 Å². The molecule has 0 N–H and O–H groups in total. The normalized spacial score (nSPS) is 17.8. The monoisotopic (exact) mass is 323 g/mol. The molecule has 0 radical (unpaired) electrons. The van der Waals surface area contributed by atoms with E-state index in [-0.39, 0.29) is 11.9 Å². The Balaban J connectivity index is 1.57. The van der Waals surface area contributed by atoms with E-state index in [4.69, 9.17) is 0 Å². The summed E-state index contributed by atoms with van der Waals surface area (Å²) in [5, 5.41) is 0. The highest BCUT2D eigenvalue weighted by Crippen LogP contribution is 2.23. The Kier molecular flexibility index (Phi) is 5.14. The van der Waals surface area contributed by atoms with Crippen LogP contribution < -0.4 is 4.90 Å². The number of pyridine rings is 1. The van der Waals surface area contributed by atoms with Crippen molar-refractivity contribution in [1.29, 1.82) is 0 Å². The van der Waals surface area contributed by atoms with E-state index in [0.29, 0.717) is 6.42 Å². The van der Waals surface area contributed by atoms with Crippen LogP contribution in [0.1, 0.15) is 24.5 Å². The van der Waals surface area contributed by atoms with Gasteiger partial charge in [-0.15, -0.1) is 0 Å². The number of rotatable bonds is 4. The summed E-state index contributed by atoms with van der Waals surface area (Å²) < 4.78 is 0. The number of anilines is 1. The van der Waals surface area contributed by atoms with E-state index in [1.54, 1.807) is 12.4 Å². The molecule has 2 aromatic rings. The van der Waals surface area contributed by atoms with Gasteiger partial charge in [0, 0.05) is 50.2 Å². The van der Waals surface area contributed by atoms with Crippen molar-refractivity contribution in [2.24, 2.45) is 0 Å². The van der Waals surface area contributed by atoms with Gasteiger partial charge in [-0.3, -0.25) is 9.78 Å². The predicted octanol–water partition coefficient (Wildman–Crippen LogP) is 3.06. The molecule has 4 heteroatoms. The van der Waals surface area contributed by atoms with Crippen molar-refractivity contribution >= 4 is 11.6 Å². The van der Waals surface area contributed by atoms with Crippen molar-refractivity contribution in [3.63, 3.8) is 0 Å². The number of para-hydroxylation sites is 1. The molecule has 24 heavy (non-hydrogen) atoms. The SMILES string of the molecule is Cc1ccccc1N1CCN(C(=O)CCc2ccncc2)[C@H](C)C1. The van der Waals surface area contributed by atoms with Gasteiger partial charge in [0.1, 0.15) is 0 Å². The maximum atomic E-state index is 12.6. The third-order valence-electron chi connectivity index (χ3n) is 4.78. The molecule has 126 valence electrons. The van der Waals surface area contributed by atoms with Gasteiger partial charge < -0.3 is 9.80 Å². The molecule has 0 unspecified atom stereocenters. The highest BCUT2D eigenvalue weighted by atomic mass is 16.2. The Hall–Kier alpha value is -2.36. The van der Waals surface area contributed by atoms with Crippen molar-refractivity contribution in [3.05, 3.63) is 59.9 Å². The second-order valence-corrected chi connectivity index (χ2v) is 6.52. The van der Waals surface area contributed by atoms with Crippen LogP contribution in [0.3, 0.4) is 0 Å². The molecular formula is C20H25N3O. The molecule has 1 fully saturated rings. The van der Waals surface area contributed by atoms with Crippen LogP contribution in [0.5, 0.6) is 0 Å². The van der Waals surface area contributed by atoms with Crippen LogP contribution in [0, 0.1) is 6.92 Å². The lowest BCUT2D eigenvalue weighted by molar-refractivity contribution is -0.133. The average molecular weight is 323 g/mol. The molecule has 1 saturated heterocycles. The predicted molar refractivity (Wildman–Crippen MR) is 97.1 cm³/mol. The summed E-state index contributed by atoms with van der Waals surface area (Å²) in [6, 6.07) is 12.7. The van der Waals surface area contributed by atoms with Gasteiger partial charge in [0.2, 0.25) is 5.91 Å². The number of carbonyl (C=O) groups excluding carboxylic acids is 1. The first-order valence-corrected chi connectivity index (χ1v) is 8.64. The Morgan fingerprint density at radius 3 is 2.62 bits per heavy atom. The van der Waals surface area contributed by atoms with Crippen LogP contribution in [0.25, 0.3) is 0 Å². The number of piperazine rings is 1. The number of benzene rings is 1. The lowest BCUT2D eigenvalue weighted by Crippen LogP contribution is -2.54. The summed E-state index contributed by atoms with van der Waals surface area (Å²) in [4.78, 5) is 21.0. The van der Waals surface area contributed by atoms with E-state index in [0.717, 1.165) is 26.1 Å². The van der Waals surface area contributed by atoms with Crippen molar-refractivity contribution in [1.82, 2.24) is 9.88 Å². The maximum Gasteiger partial charge on any atom is 0.223 e. The zero-order valence-electron chi connectivity index (χ0n) is 14.5. The first-order valence-electron chi connectivity index (χ1n) is 8.64. The molecule has 0 aliphatic carbocycles. The van der Waals surface area contributed by atoms with Crippen LogP contribution >= 0.6 is 0 Å². The Morgan fingerprint density at radius 2 is 1.92 bits per heavy atom. The minimum absolute atomic E-state index is 0.239. The van der Waals surface area contributed by atoms with Crippen LogP contribution in [0.4, 0.5) is 5.69 Å². The fourth-order valence-electron chi connectivity index (χ4n) is 3.41. The lowest BCUT2D eigenvalue weighted by atomic mass is 10.1. The highest BCUT2D eigenvalue weighted by Gasteiger charge is 2.27. The molecule has 1 atom stereocenters. The van der Waals surface area contributed by atoms with Crippen LogP contribution in [-0.2, 0) is 11.2 Å². The quantitative estimate of drug-likeness (QED) is 0.868. The third kappa shape index (κ3) is 3.75. The average Bonchev–Trinajstić information content (AvgIpc) is 2.61. The number of nitrogens with zero attached hydrogens (tertiary/aromatic N) is 3. The molecule has 3 rings (SSSR count). The topological polar surface area (TPSA) is 36.4 Å². The number of hydrogen-bond donors (Lipinski definition) is 0. The van der Waals surface area contributed by atoms with E-state index in [1.165, 1.54) is 16.8 Å². The van der Waals surface area contributed by atoms with Crippen LogP contribution in [0.15, 0.2) is 48.8 Å². The summed E-state index contributed by atoms with van der Waals surface area (Å²) in [7, 11) is 0. The molecule has 1 aliphatic heterocycles. The smallest absolute Gasteiger partial charge is 0.223 e. The van der Waals surface area contributed by atoms with Gasteiger partial charge in [0.15, 0.2) is 0 Å². The minimum atomic E-state index is 0.239. The van der Waals surface area contributed by atoms with Crippen molar-refractivity contribution < 1.29 is 4.79 Å². The van der Waals surface area contributed by atoms with E-state index < -0.39 is 0 Å². The van der Waals surface area contributed by atoms with Crippen molar-refractivity contribution in [3.8, 4) is 0 Å². The molecule has 1 aromatic heterocycles. The van der Waals surface area contributed by atoms with Gasteiger partial charge in [-0.1, -0.05) is 18.2 Å². The van der Waals surface area contributed by atoms with E-state index in [1.807, 2.05) is 17.0 Å². The van der Waals surface area contributed by atoms with Gasteiger partial charge in [0.05, 0.1) is 0 Å². The highest BCUT2D eigenvalue weighted by molar-refractivity contribution is 5.77. The summed E-state index contributed by atoms with van der Waals surface area (Å²) in [5.41, 5.74) is 3.75. The number of aromatic nitrogens is 1. The zero-order valence-corrected chi connectivity index (χ0v) is 14.5. The molecule has 1 aromatic carbocycles. The summed E-state index contributed by atoms with van der Waals surface area (Å²) >= 11 is 0. The van der Waals surface area contributed by atoms with Gasteiger partial charge in [0.25, 0.3) is 0 Å². The lowest BCUT2D eigenvalue weighted by Gasteiger charge is -2.41. The van der Waals surface area contributed by atoms with Crippen molar-refractivity contribution in [2.45, 2.75) is 32.7 Å². The molecule has 0 saturated carbocycles. The molecule has 0 spiro atoms. The number of carbonyl (C=O) groups is 1. The van der Waals surface area contributed by atoms with Gasteiger partial charge >= 0.3 is 0 Å². The van der Waals surface area contributed by atoms with Gasteiger partial charge in [-0.25, -0.2) is 0 Å². The Morgan fingerprint density at radius 1 is 1.17 bits per heavy atom. The minimum Gasteiger partial charge on any atom is -0.367 e. The fraction of sp³-hybridized carbons (Fsp3) is 0.400. The first kappa shape index (κ1) is 16.5. The molecule has 0 bridgehead atoms. The summed E-state index contributed by atoms with van der Waals surface area (Å²) in [6.45, 7) is 6.88. The third-order valence-corrected chi connectivity index (χ3v) is 4.78. The fourth-order valence-corrected chi connectivity index (χ4v) is 3.41. The number of amides is 1. The standard InChI is InChI=1S/C20H25N3O/c1-16-5-3-4-6-19(16)22-13-14-23(17(2)15-22)20(24)8-7-18-9-11-21-12-10-18/h3-6,9-12,17H,7-8,13-15H2,1-2H3/t17-/m1/s1. The van der Waals surface area contributed by atoms with Crippen molar-refractivity contribution in [2.75, 3.05) is 24.5 Å². The number of aryl methyl sites for hydroxylation is 2. The largest absolute Gasteiger partial charge is 0.367 e. The summed E-state index contributed by atoms with van der Waals surface area (Å²) in [6.07, 6.45) is 4.91. The molecule has 1 aliphatic rings. The summed E-state index contributed by atoms with van der Waals surface area (Å²) in [5.74, 6) is 0.253. The van der Waals surface area contributed by atoms with Crippen LogP contribution in [0.2, 0.25) is 0 Å². The molecule has 2 heterocycles. The Labute approximate surface area is 144 Å². The number of hydrogen-bond acceptors (Lipinski definition) is 3. The van der Waals surface area contributed by atoms with E-state index in [9.17, 15) is 4.79 Å². The van der Waals surface area contributed by atoms with Crippen LogP contribution in [-0.4, -0.2) is 41.5 Å². The van der Waals surface area contributed by atoms with E-state index >= 15 is 0 Å². The zero-order chi connectivity index (χ0) is 16.9. The molecule has 1 amide bonds. The first-order chi connectivity index (χ1) is 11.6. The Bertz CT molecular complexity index is 686. The van der Waals surface area contributed by atoms with Gasteiger partial charge in [-0.2, -0.15) is 0 Å². The second-order valence-electron chi connectivity index (χ2n) is 6.52. The molecular weight excluding hydrogens is 298 g/mol. The molecule has 4 nitrogen and oxygen atoms in total.